The number of aliphatic hydroxyl groups excluding tert-OH is 1. The van der Waals surface area contributed by atoms with Crippen molar-refractivity contribution in [2.24, 2.45) is 0 Å². The van der Waals surface area contributed by atoms with E-state index in [9.17, 15) is 13.2 Å². The molecule has 0 aliphatic rings. The Morgan fingerprint density at radius 3 is 2.52 bits per heavy atom. The van der Waals surface area contributed by atoms with Crippen LogP contribution in [0.1, 0.15) is 5.89 Å². The van der Waals surface area contributed by atoms with E-state index in [1.54, 1.807) is 19.1 Å². The summed E-state index contributed by atoms with van der Waals surface area (Å²) in [5.41, 5.74) is 1.27. The Hall–Kier alpha value is -2.23. The molecule has 0 bridgehead atoms. The number of methoxy groups -OCH3 is 1. The number of aryl methyl sites for hydroxylation is 1. The number of rotatable bonds is 6. The number of nitrogens with one attached hydrogen (secondary N) is 1. The fraction of sp³-hybridized carbons (Fsp3) is 0.286. The van der Waals surface area contributed by atoms with Crippen molar-refractivity contribution >= 4 is 16.0 Å². The highest BCUT2D eigenvalue weighted by Gasteiger charge is 2.25. The van der Waals surface area contributed by atoms with Crippen molar-refractivity contribution in [3.05, 3.63) is 36.4 Å². The van der Waals surface area contributed by atoms with Gasteiger partial charge in [-0.05, 0) is 12.1 Å². The van der Waals surface area contributed by atoms with E-state index in [4.69, 9.17) is 9.52 Å². The second-order valence-electron chi connectivity index (χ2n) is 4.66. The molecule has 8 nitrogen and oxygen atoms in total. The molecule has 0 saturated heterocycles. The van der Waals surface area contributed by atoms with Gasteiger partial charge in [0.05, 0.1) is 18.6 Å². The average Bonchev–Trinajstić information content (AvgIpc) is 2.98. The number of esters is 1. The van der Waals surface area contributed by atoms with E-state index >= 15 is 0 Å². The number of hydrogen-bond donors (Lipinski definition) is 2. The van der Waals surface area contributed by atoms with E-state index in [1.807, 2.05) is 0 Å². The smallest absolute Gasteiger partial charge is 0.326 e. The van der Waals surface area contributed by atoms with Gasteiger partial charge >= 0.3 is 5.97 Å². The summed E-state index contributed by atoms with van der Waals surface area (Å²) in [5.74, 6) is -0.368. The molecule has 0 aliphatic heterocycles. The van der Waals surface area contributed by atoms with Crippen LogP contribution in [0.3, 0.4) is 0 Å². The number of sulfonamides is 1. The maximum atomic E-state index is 12.2. The molecule has 124 valence electrons. The fourth-order valence-electron chi connectivity index (χ4n) is 1.86. The maximum absolute atomic E-state index is 12.2. The Labute approximate surface area is 133 Å². The van der Waals surface area contributed by atoms with Gasteiger partial charge in [-0.3, -0.25) is 4.79 Å². The number of carbonyl (C=O) groups excluding carboxylic acids is 1. The van der Waals surface area contributed by atoms with Gasteiger partial charge in [0.25, 0.3) is 0 Å². The predicted molar refractivity (Wildman–Crippen MR) is 79.9 cm³/mol. The monoisotopic (exact) mass is 340 g/mol. The number of aromatic nitrogens is 1. The molecule has 23 heavy (non-hydrogen) atoms. The van der Waals surface area contributed by atoms with Crippen LogP contribution in [-0.4, -0.2) is 44.2 Å². The molecule has 1 atom stereocenters. The van der Waals surface area contributed by atoms with Crippen LogP contribution in [-0.2, 0) is 19.6 Å². The third kappa shape index (κ3) is 3.95. The van der Waals surface area contributed by atoms with Gasteiger partial charge in [0, 0.05) is 12.5 Å². The van der Waals surface area contributed by atoms with Crippen molar-refractivity contribution in [1.82, 2.24) is 9.71 Å². The first-order chi connectivity index (χ1) is 10.9. The minimum Gasteiger partial charge on any atom is -0.468 e. The molecule has 0 aliphatic carbocycles. The van der Waals surface area contributed by atoms with Crippen molar-refractivity contribution in [3.63, 3.8) is 0 Å². The molecule has 0 spiro atoms. The Balaban J connectivity index is 2.22. The SMILES string of the molecule is COC(=O)[C@H](CO)NS(=O)(=O)c1ccc(-c2coc(C)n2)cc1. The van der Waals surface area contributed by atoms with Gasteiger partial charge in [-0.2, -0.15) is 4.72 Å². The summed E-state index contributed by atoms with van der Waals surface area (Å²) in [6, 6.07) is 4.51. The van der Waals surface area contributed by atoms with Gasteiger partial charge in [-0.25, -0.2) is 13.4 Å². The number of benzene rings is 1. The standard InChI is InChI=1S/C14H16N2O6S/c1-9-15-13(8-22-9)10-3-5-11(6-4-10)23(19,20)16-12(7-17)14(18)21-2/h3-6,8,12,16-17H,7H2,1-2H3/t12-/m0/s1. The molecule has 2 N–H and O–H groups in total. The van der Waals surface area contributed by atoms with Crippen LogP contribution in [0.25, 0.3) is 11.3 Å². The van der Waals surface area contributed by atoms with Crippen molar-refractivity contribution in [2.45, 2.75) is 17.9 Å². The molecule has 2 rings (SSSR count). The fourth-order valence-corrected chi connectivity index (χ4v) is 3.03. The molecule has 1 aromatic carbocycles. The van der Waals surface area contributed by atoms with E-state index in [-0.39, 0.29) is 4.90 Å². The Morgan fingerprint density at radius 1 is 1.39 bits per heavy atom. The van der Waals surface area contributed by atoms with Crippen LogP contribution in [0, 0.1) is 6.92 Å². The summed E-state index contributed by atoms with van der Waals surface area (Å²) in [6.07, 6.45) is 1.47. The number of carbonyl (C=O) groups is 1. The van der Waals surface area contributed by atoms with Crippen molar-refractivity contribution < 1.29 is 27.5 Å². The quantitative estimate of drug-likeness (QED) is 0.733. The van der Waals surface area contributed by atoms with Gasteiger partial charge in [-0.15, -0.1) is 0 Å². The van der Waals surface area contributed by atoms with Crippen molar-refractivity contribution in [1.29, 1.82) is 0 Å². The number of nitrogens with zero attached hydrogens (tertiary/aromatic N) is 1. The van der Waals surface area contributed by atoms with Gasteiger partial charge in [0.1, 0.15) is 18.0 Å². The first-order valence-corrected chi connectivity index (χ1v) is 8.09. The Morgan fingerprint density at radius 2 is 2.04 bits per heavy atom. The number of aliphatic hydroxyl groups is 1. The molecule has 1 heterocycles. The summed E-state index contributed by atoms with van der Waals surface area (Å²) in [7, 11) is -2.87. The topological polar surface area (TPSA) is 119 Å². The van der Waals surface area contributed by atoms with E-state index in [0.29, 0.717) is 17.1 Å². The molecule has 0 fully saturated rings. The van der Waals surface area contributed by atoms with Crippen LogP contribution < -0.4 is 4.72 Å². The van der Waals surface area contributed by atoms with Crippen LogP contribution in [0.5, 0.6) is 0 Å². The molecule has 0 unspecified atom stereocenters. The molecule has 9 heteroatoms. The first kappa shape index (κ1) is 17.1. The van der Waals surface area contributed by atoms with Crippen LogP contribution in [0.4, 0.5) is 0 Å². The molecular formula is C14H16N2O6S. The third-order valence-corrected chi connectivity index (χ3v) is 4.53. The summed E-state index contributed by atoms with van der Waals surface area (Å²) < 4.78 is 36.0. The van der Waals surface area contributed by atoms with Gasteiger partial charge in [-0.1, -0.05) is 12.1 Å². The predicted octanol–water partition coefficient (Wildman–Crippen LogP) is 0.462. The lowest BCUT2D eigenvalue weighted by Gasteiger charge is -2.14. The highest BCUT2D eigenvalue weighted by atomic mass is 32.2. The summed E-state index contributed by atoms with van der Waals surface area (Å²) in [5, 5.41) is 9.09. The average molecular weight is 340 g/mol. The molecule has 0 saturated carbocycles. The van der Waals surface area contributed by atoms with Crippen molar-refractivity contribution in [3.8, 4) is 11.3 Å². The van der Waals surface area contributed by atoms with Gasteiger partial charge in [0.15, 0.2) is 5.89 Å². The Kier molecular flexibility index (Phi) is 5.14. The number of ether oxygens (including phenoxy) is 1. The Bertz CT molecular complexity index is 782. The zero-order valence-electron chi connectivity index (χ0n) is 12.5. The lowest BCUT2D eigenvalue weighted by molar-refractivity contribution is -0.143. The minimum atomic E-state index is -3.98. The number of oxazole rings is 1. The highest BCUT2D eigenvalue weighted by Crippen LogP contribution is 2.20. The van der Waals surface area contributed by atoms with E-state index < -0.39 is 28.6 Å². The van der Waals surface area contributed by atoms with E-state index in [0.717, 1.165) is 7.11 Å². The van der Waals surface area contributed by atoms with Crippen molar-refractivity contribution in [2.75, 3.05) is 13.7 Å². The largest absolute Gasteiger partial charge is 0.468 e. The normalized spacial score (nSPS) is 12.8. The third-order valence-electron chi connectivity index (χ3n) is 3.05. The molecule has 0 amide bonds. The number of hydrogen-bond acceptors (Lipinski definition) is 7. The molecule has 1 aromatic heterocycles. The van der Waals surface area contributed by atoms with E-state index in [1.165, 1.54) is 18.4 Å². The summed E-state index contributed by atoms with van der Waals surface area (Å²) in [4.78, 5) is 15.5. The lowest BCUT2D eigenvalue weighted by Crippen LogP contribution is -2.43. The van der Waals surface area contributed by atoms with Crippen LogP contribution in [0.2, 0.25) is 0 Å². The molecular weight excluding hydrogens is 324 g/mol. The minimum absolute atomic E-state index is 0.0520. The zero-order chi connectivity index (χ0) is 17.0. The van der Waals surface area contributed by atoms with Gasteiger partial charge in [0.2, 0.25) is 10.0 Å². The lowest BCUT2D eigenvalue weighted by atomic mass is 10.2. The van der Waals surface area contributed by atoms with Gasteiger partial charge < -0.3 is 14.3 Å². The second kappa shape index (κ2) is 6.90. The molecule has 2 aromatic rings. The first-order valence-electron chi connectivity index (χ1n) is 6.61. The zero-order valence-corrected chi connectivity index (χ0v) is 13.3. The summed E-state index contributed by atoms with van der Waals surface area (Å²) in [6.45, 7) is 0.996. The van der Waals surface area contributed by atoms with Crippen LogP contribution in [0.15, 0.2) is 39.8 Å². The van der Waals surface area contributed by atoms with E-state index in [2.05, 4.69) is 14.4 Å². The summed E-state index contributed by atoms with van der Waals surface area (Å²) >= 11 is 0. The maximum Gasteiger partial charge on any atom is 0.326 e. The van der Waals surface area contributed by atoms with Crippen LogP contribution >= 0.6 is 0 Å². The molecule has 0 radical (unpaired) electrons. The second-order valence-corrected chi connectivity index (χ2v) is 6.37. The highest BCUT2D eigenvalue weighted by molar-refractivity contribution is 7.89.